The van der Waals surface area contributed by atoms with E-state index < -0.39 is 47.7 Å². The number of hydrogen-bond acceptors (Lipinski definition) is 7. The van der Waals surface area contributed by atoms with Crippen molar-refractivity contribution in [1.29, 1.82) is 0 Å². The Bertz CT molecular complexity index is 1210. The molecule has 1 aromatic carbocycles. The minimum atomic E-state index is -1.16. The van der Waals surface area contributed by atoms with Gasteiger partial charge in [-0.05, 0) is 44.6 Å². The van der Waals surface area contributed by atoms with Crippen molar-refractivity contribution in [2.24, 2.45) is 11.8 Å². The molecule has 3 aliphatic rings. The number of nitrogens with one attached hydrogen (secondary N) is 1. The second kappa shape index (κ2) is 15.0. The predicted molar refractivity (Wildman–Crippen MR) is 165 cm³/mol. The molecule has 2 N–H and O–H groups in total. The number of likely N-dealkylation sites (tertiary alicyclic amines) is 1. The lowest BCUT2D eigenvalue weighted by Crippen LogP contribution is -2.56. The Morgan fingerprint density at radius 3 is 2.64 bits per heavy atom. The zero-order valence-corrected chi connectivity index (χ0v) is 26.0. The van der Waals surface area contributed by atoms with Gasteiger partial charge in [0.2, 0.25) is 17.7 Å². The first-order valence-corrected chi connectivity index (χ1v) is 15.9. The summed E-state index contributed by atoms with van der Waals surface area (Å²) in [6, 6.07) is 7.74. The van der Waals surface area contributed by atoms with E-state index in [-0.39, 0.29) is 37.3 Å². The van der Waals surface area contributed by atoms with Crippen LogP contribution in [0.3, 0.4) is 0 Å². The quantitative estimate of drug-likeness (QED) is 0.205. The monoisotopic (exact) mass is 609 g/mol. The van der Waals surface area contributed by atoms with Crippen LogP contribution < -0.4 is 5.32 Å². The van der Waals surface area contributed by atoms with Gasteiger partial charge in [-0.3, -0.25) is 19.2 Å². The molecule has 0 unspecified atom stereocenters. The number of unbranched alkanes of at least 4 members (excludes halogenated alkanes) is 1. The van der Waals surface area contributed by atoms with Crippen LogP contribution in [0.4, 0.5) is 0 Å². The standard InChI is InChI=1S/C34H47N3O7/c1-5-8-16-26(39)35-23(4)29(24-14-11-10-12-15-24)43-33(42)27-25-17-18-34(44-25)28(27)31(40)37(21-13-22-38)30(34)32(41)36(19-7-3)20-9-6-2/h5,7,10-12,14-15,23,25,27-30,38H,1,3,6,8-9,13,16-22H2,2,4H3,(H,35,39)/t23-,25+,27-,28-,29-,30+,34-/m1/s1. The summed E-state index contributed by atoms with van der Waals surface area (Å²) in [6.45, 7) is 12.2. The number of carbonyl (C=O) groups excluding carboxylic acids is 4. The van der Waals surface area contributed by atoms with E-state index in [9.17, 15) is 24.3 Å². The number of benzene rings is 1. The Labute approximate surface area is 260 Å². The highest BCUT2D eigenvalue weighted by Crippen LogP contribution is 2.59. The third kappa shape index (κ3) is 6.61. The molecule has 0 aliphatic carbocycles. The number of aliphatic hydroxyl groups excluding tert-OH is 1. The van der Waals surface area contributed by atoms with Gasteiger partial charge in [0.1, 0.15) is 17.7 Å². The van der Waals surface area contributed by atoms with Gasteiger partial charge in [-0.15, -0.1) is 13.2 Å². The third-order valence-corrected chi connectivity index (χ3v) is 9.10. The molecule has 3 aliphatic heterocycles. The van der Waals surface area contributed by atoms with E-state index in [1.165, 1.54) is 4.90 Å². The molecule has 7 atom stereocenters. The Morgan fingerprint density at radius 2 is 1.98 bits per heavy atom. The van der Waals surface area contributed by atoms with Crippen molar-refractivity contribution in [2.75, 3.05) is 26.2 Å². The van der Waals surface area contributed by atoms with Crippen LogP contribution in [-0.2, 0) is 28.7 Å². The molecule has 0 aromatic heterocycles. The second-order valence-corrected chi connectivity index (χ2v) is 12.0. The van der Waals surface area contributed by atoms with Crippen LogP contribution in [0.2, 0.25) is 0 Å². The van der Waals surface area contributed by atoms with Crippen LogP contribution >= 0.6 is 0 Å². The molecular formula is C34H47N3O7. The fourth-order valence-electron chi connectivity index (χ4n) is 7.09. The van der Waals surface area contributed by atoms with Gasteiger partial charge in [0.25, 0.3) is 0 Å². The molecule has 3 heterocycles. The van der Waals surface area contributed by atoms with Crippen LogP contribution in [0.1, 0.15) is 70.5 Å². The normalized spacial score (nSPS) is 26.5. The van der Waals surface area contributed by atoms with E-state index in [1.807, 2.05) is 37.3 Å². The molecule has 2 bridgehead atoms. The number of fused-ring (bicyclic) bond motifs is 1. The number of aliphatic hydroxyl groups is 1. The first kappa shape index (κ1) is 33.4. The van der Waals surface area contributed by atoms with Gasteiger partial charge in [-0.25, -0.2) is 0 Å². The summed E-state index contributed by atoms with van der Waals surface area (Å²) in [6.07, 6.45) is 5.75. The van der Waals surface area contributed by atoms with Crippen LogP contribution in [0.5, 0.6) is 0 Å². The predicted octanol–water partition coefficient (Wildman–Crippen LogP) is 3.31. The van der Waals surface area contributed by atoms with Gasteiger partial charge >= 0.3 is 5.97 Å². The van der Waals surface area contributed by atoms with Gasteiger partial charge in [0, 0.05) is 32.7 Å². The molecule has 1 spiro atoms. The van der Waals surface area contributed by atoms with E-state index in [2.05, 4.69) is 18.5 Å². The Kier molecular flexibility index (Phi) is 11.4. The lowest BCUT2D eigenvalue weighted by Gasteiger charge is -2.36. The fourth-order valence-corrected chi connectivity index (χ4v) is 7.09. The largest absolute Gasteiger partial charge is 0.455 e. The Hall–Kier alpha value is -3.50. The van der Waals surface area contributed by atoms with Crippen molar-refractivity contribution in [1.82, 2.24) is 15.1 Å². The average molecular weight is 610 g/mol. The molecule has 1 aromatic rings. The molecule has 0 saturated carbocycles. The zero-order valence-electron chi connectivity index (χ0n) is 26.0. The van der Waals surface area contributed by atoms with Gasteiger partial charge in [0.05, 0.1) is 24.0 Å². The maximum atomic E-state index is 14.2. The number of nitrogens with zero attached hydrogens (tertiary/aromatic N) is 2. The van der Waals surface area contributed by atoms with Crippen molar-refractivity contribution in [3.63, 3.8) is 0 Å². The maximum Gasteiger partial charge on any atom is 0.313 e. The van der Waals surface area contributed by atoms with E-state index in [0.29, 0.717) is 44.3 Å². The molecule has 10 nitrogen and oxygen atoms in total. The minimum Gasteiger partial charge on any atom is -0.455 e. The first-order chi connectivity index (χ1) is 21.2. The number of hydrogen-bond donors (Lipinski definition) is 2. The molecule has 3 saturated heterocycles. The van der Waals surface area contributed by atoms with Gasteiger partial charge < -0.3 is 29.7 Å². The van der Waals surface area contributed by atoms with Crippen LogP contribution in [0.15, 0.2) is 55.6 Å². The van der Waals surface area contributed by atoms with Gasteiger partial charge in [-0.2, -0.15) is 0 Å². The summed E-state index contributed by atoms with van der Waals surface area (Å²) in [5.74, 6) is -3.09. The second-order valence-electron chi connectivity index (χ2n) is 12.0. The molecule has 44 heavy (non-hydrogen) atoms. The number of esters is 1. The summed E-state index contributed by atoms with van der Waals surface area (Å²) >= 11 is 0. The fraction of sp³-hybridized carbons (Fsp3) is 0.588. The van der Waals surface area contributed by atoms with E-state index >= 15 is 0 Å². The summed E-state index contributed by atoms with van der Waals surface area (Å²) in [5.41, 5.74) is -0.446. The summed E-state index contributed by atoms with van der Waals surface area (Å²) in [7, 11) is 0. The van der Waals surface area contributed by atoms with Gasteiger partial charge in [-0.1, -0.05) is 55.8 Å². The molecule has 240 valence electrons. The highest BCUT2D eigenvalue weighted by atomic mass is 16.6. The smallest absolute Gasteiger partial charge is 0.313 e. The lowest BCUT2D eigenvalue weighted by atomic mass is 9.70. The van der Waals surface area contributed by atoms with Crippen molar-refractivity contribution in [3.8, 4) is 0 Å². The topological polar surface area (TPSA) is 125 Å². The number of rotatable bonds is 17. The Morgan fingerprint density at radius 1 is 1.23 bits per heavy atom. The molecule has 4 rings (SSSR count). The number of amides is 3. The molecular weight excluding hydrogens is 562 g/mol. The van der Waals surface area contributed by atoms with E-state index in [4.69, 9.17) is 9.47 Å². The molecule has 3 amide bonds. The summed E-state index contributed by atoms with van der Waals surface area (Å²) in [5, 5.41) is 12.5. The number of ether oxygens (including phenoxy) is 2. The molecule has 3 fully saturated rings. The molecule has 0 radical (unpaired) electrons. The van der Waals surface area contributed by atoms with Crippen molar-refractivity contribution in [3.05, 3.63) is 61.2 Å². The molecule has 10 heteroatoms. The summed E-state index contributed by atoms with van der Waals surface area (Å²) in [4.78, 5) is 58.2. The first-order valence-electron chi connectivity index (χ1n) is 15.9. The Balaban J connectivity index is 1.63. The highest BCUT2D eigenvalue weighted by molar-refractivity contribution is 5.98. The zero-order chi connectivity index (χ0) is 31.9. The number of allylic oxidation sites excluding steroid dienone is 1. The highest BCUT2D eigenvalue weighted by Gasteiger charge is 2.75. The summed E-state index contributed by atoms with van der Waals surface area (Å²) < 4.78 is 12.7. The van der Waals surface area contributed by atoms with Crippen LogP contribution in [-0.4, -0.2) is 88.6 Å². The number of carbonyl (C=O) groups is 4. The minimum absolute atomic E-state index is 0.140. The van der Waals surface area contributed by atoms with Crippen molar-refractivity contribution < 1.29 is 33.8 Å². The third-order valence-electron chi connectivity index (χ3n) is 9.10. The van der Waals surface area contributed by atoms with Gasteiger partial charge in [0.15, 0.2) is 0 Å². The average Bonchev–Trinajstić information content (AvgIpc) is 3.67. The maximum absolute atomic E-state index is 14.2. The van der Waals surface area contributed by atoms with E-state index in [0.717, 1.165) is 12.8 Å². The lowest BCUT2D eigenvalue weighted by molar-refractivity contribution is -0.162. The SMILES string of the molecule is C=CCCC(=O)N[C@H](C)[C@@H](OC(=O)[C@@H]1[C@@H]2CC[C@]3(O2)[C@H](C(=O)N(CC=C)CCCC)N(CCCO)C(=O)[C@@H]13)c1ccccc1. The van der Waals surface area contributed by atoms with E-state index in [1.54, 1.807) is 24.0 Å². The van der Waals surface area contributed by atoms with Crippen LogP contribution in [0.25, 0.3) is 0 Å². The van der Waals surface area contributed by atoms with Crippen molar-refractivity contribution >= 4 is 23.7 Å². The van der Waals surface area contributed by atoms with Crippen LogP contribution in [0, 0.1) is 11.8 Å². The van der Waals surface area contributed by atoms with Crippen molar-refractivity contribution in [2.45, 2.75) is 88.7 Å².